The molecule has 2 aromatic heterocycles. The lowest BCUT2D eigenvalue weighted by atomic mass is 10.2. The molecule has 0 fully saturated rings. The molecule has 0 aliphatic heterocycles. The number of benzene rings is 1. The van der Waals surface area contributed by atoms with Gasteiger partial charge in [-0.1, -0.05) is 42.4 Å². The van der Waals surface area contributed by atoms with Gasteiger partial charge in [0, 0.05) is 10.9 Å². The summed E-state index contributed by atoms with van der Waals surface area (Å²) in [5.41, 5.74) is 0.926. The first-order valence-electron chi connectivity index (χ1n) is 6.59. The Kier molecular flexibility index (Phi) is 4.19. The highest BCUT2D eigenvalue weighted by atomic mass is 35.5. The van der Waals surface area contributed by atoms with Gasteiger partial charge in [0.05, 0.1) is 15.5 Å². The molecule has 0 radical (unpaired) electrons. The zero-order valence-electron chi connectivity index (χ0n) is 11.8. The number of hydrogen-bond acceptors (Lipinski definition) is 6. The molecule has 3 aromatic rings. The van der Waals surface area contributed by atoms with Crippen LogP contribution < -0.4 is 0 Å². The summed E-state index contributed by atoms with van der Waals surface area (Å²) in [5.74, 6) is 1.65. The fourth-order valence-corrected chi connectivity index (χ4v) is 4.17. The third kappa shape index (κ3) is 3.22. The highest BCUT2D eigenvalue weighted by molar-refractivity contribution is 8.01. The van der Waals surface area contributed by atoms with Crippen molar-refractivity contribution >= 4 is 44.9 Å². The molecule has 0 N–H and O–H groups in total. The van der Waals surface area contributed by atoms with Crippen LogP contribution in [0.25, 0.3) is 10.2 Å². The first-order chi connectivity index (χ1) is 10.0. The van der Waals surface area contributed by atoms with Gasteiger partial charge in [0.2, 0.25) is 5.89 Å². The van der Waals surface area contributed by atoms with Crippen molar-refractivity contribution in [1.29, 1.82) is 0 Å². The van der Waals surface area contributed by atoms with Crippen molar-refractivity contribution in [3.8, 4) is 0 Å². The highest BCUT2D eigenvalue weighted by Gasteiger charge is 2.18. The summed E-state index contributed by atoms with van der Waals surface area (Å²) >= 11 is 9.25. The predicted octanol–water partition coefficient (Wildman–Crippen LogP) is 5.31. The first-order valence-corrected chi connectivity index (χ1v) is 8.66. The molecule has 0 bridgehead atoms. The maximum atomic E-state index is 5.99. The molecule has 4 nitrogen and oxygen atoms in total. The smallest absolute Gasteiger partial charge is 0.239 e. The molecule has 110 valence electrons. The predicted molar refractivity (Wildman–Crippen MR) is 87.3 cm³/mol. The molecule has 0 saturated heterocycles. The van der Waals surface area contributed by atoms with Crippen molar-refractivity contribution < 1.29 is 4.52 Å². The molecular weight excluding hydrogens is 326 g/mol. The molecule has 0 aliphatic carbocycles. The molecule has 0 spiro atoms. The van der Waals surface area contributed by atoms with E-state index in [1.165, 1.54) is 0 Å². The maximum absolute atomic E-state index is 5.99. The Bertz CT molecular complexity index is 769. The van der Waals surface area contributed by atoms with E-state index in [9.17, 15) is 0 Å². The molecule has 0 aliphatic rings. The van der Waals surface area contributed by atoms with E-state index in [1.807, 2.05) is 39.0 Å². The number of thioether (sulfide) groups is 1. The molecule has 1 aromatic carbocycles. The average Bonchev–Trinajstić information content (AvgIpc) is 3.03. The summed E-state index contributed by atoms with van der Waals surface area (Å²) < 4.78 is 7.43. The van der Waals surface area contributed by atoms with Crippen LogP contribution in [-0.4, -0.2) is 15.1 Å². The van der Waals surface area contributed by atoms with Crippen LogP contribution in [0.15, 0.2) is 27.1 Å². The van der Waals surface area contributed by atoms with Gasteiger partial charge in [0.1, 0.15) is 0 Å². The number of halogens is 1. The van der Waals surface area contributed by atoms with E-state index in [0.717, 1.165) is 20.4 Å². The van der Waals surface area contributed by atoms with Crippen molar-refractivity contribution in [2.45, 2.75) is 36.3 Å². The topological polar surface area (TPSA) is 51.8 Å². The largest absolute Gasteiger partial charge is 0.338 e. The van der Waals surface area contributed by atoms with Crippen molar-refractivity contribution in [1.82, 2.24) is 15.1 Å². The SMILES string of the molecule is CC(C)c1noc(C(C)Sc2nc3cc(Cl)ccc3s2)n1. The molecule has 0 saturated carbocycles. The van der Waals surface area contributed by atoms with Crippen LogP contribution in [0.1, 0.15) is 43.7 Å². The minimum atomic E-state index is 0.0704. The number of thiazole rings is 1. The van der Waals surface area contributed by atoms with E-state index in [-0.39, 0.29) is 11.2 Å². The normalized spacial score (nSPS) is 13.2. The number of aromatic nitrogens is 3. The third-order valence-corrected chi connectivity index (χ3v) is 5.38. The second-order valence-electron chi connectivity index (χ2n) is 5.00. The molecule has 0 amide bonds. The van der Waals surface area contributed by atoms with Gasteiger partial charge in [-0.2, -0.15) is 4.98 Å². The summed E-state index contributed by atoms with van der Waals surface area (Å²) in [7, 11) is 0. The number of hydrogen-bond donors (Lipinski definition) is 0. The monoisotopic (exact) mass is 339 g/mol. The Labute approximate surface area is 135 Å². The Morgan fingerprint density at radius 1 is 1.24 bits per heavy atom. The summed E-state index contributed by atoms with van der Waals surface area (Å²) in [6.07, 6.45) is 0. The van der Waals surface area contributed by atoms with Crippen LogP contribution >= 0.6 is 34.7 Å². The van der Waals surface area contributed by atoms with Crippen molar-refractivity contribution in [2.24, 2.45) is 0 Å². The standard InChI is InChI=1S/C14H14ClN3OS2/c1-7(2)12-17-13(19-18-12)8(3)20-14-16-10-6-9(15)4-5-11(10)21-14/h4-8H,1-3H3. The second kappa shape index (κ2) is 5.94. The molecule has 2 heterocycles. The van der Waals surface area contributed by atoms with Crippen molar-refractivity contribution in [2.75, 3.05) is 0 Å². The lowest BCUT2D eigenvalue weighted by Crippen LogP contribution is -1.92. The Morgan fingerprint density at radius 3 is 2.76 bits per heavy atom. The van der Waals surface area contributed by atoms with Gasteiger partial charge in [-0.25, -0.2) is 4.98 Å². The minimum Gasteiger partial charge on any atom is -0.338 e. The fourth-order valence-electron chi connectivity index (χ4n) is 1.78. The second-order valence-corrected chi connectivity index (χ2v) is 8.05. The van der Waals surface area contributed by atoms with Gasteiger partial charge in [0.25, 0.3) is 0 Å². The van der Waals surface area contributed by atoms with Gasteiger partial charge in [-0.05, 0) is 25.1 Å². The van der Waals surface area contributed by atoms with E-state index < -0.39 is 0 Å². The molecule has 1 atom stereocenters. The molecule has 21 heavy (non-hydrogen) atoms. The minimum absolute atomic E-state index is 0.0704. The maximum Gasteiger partial charge on any atom is 0.239 e. The number of fused-ring (bicyclic) bond motifs is 1. The summed E-state index contributed by atoms with van der Waals surface area (Å²) in [6, 6.07) is 5.76. The summed E-state index contributed by atoms with van der Waals surface area (Å²) in [5, 5.41) is 4.77. The first kappa shape index (κ1) is 14.8. The van der Waals surface area contributed by atoms with Crippen LogP contribution in [-0.2, 0) is 0 Å². The van der Waals surface area contributed by atoms with Gasteiger partial charge >= 0.3 is 0 Å². The van der Waals surface area contributed by atoms with Gasteiger partial charge in [-0.15, -0.1) is 11.3 Å². The zero-order chi connectivity index (χ0) is 15.0. The highest BCUT2D eigenvalue weighted by Crippen LogP contribution is 2.38. The van der Waals surface area contributed by atoms with Crippen LogP contribution in [0.2, 0.25) is 5.02 Å². The van der Waals surface area contributed by atoms with Crippen LogP contribution in [0.4, 0.5) is 0 Å². The molecule has 3 rings (SSSR count). The zero-order valence-corrected chi connectivity index (χ0v) is 14.2. The van der Waals surface area contributed by atoms with Crippen molar-refractivity contribution in [3.05, 3.63) is 34.9 Å². The van der Waals surface area contributed by atoms with Gasteiger partial charge in [-0.3, -0.25) is 0 Å². The van der Waals surface area contributed by atoms with Crippen LogP contribution in [0.3, 0.4) is 0 Å². The van der Waals surface area contributed by atoms with Crippen LogP contribution in [0.5, 0.6) is 0 Å². The van der Waals surface area contributed by atoms with E-state index in [2.05, 4.69) is 15.1 Å². The molecule has 1 unspecified atom stereocenters. The van der Waals surface area contributed by atoms with Gasteiger partial charge < -0.3 is 4.52 Å². The van der Waals surface area contributed by atoms with E-state index in [4.69, 9.17) is 16.1 Å². The van der Waals surface area contributed by atoms with Crippen molar-refractivity contribution in [3.63, 3.8) is 0 Å². The molecule has 7 heteroatoms. The fraction of sp³-hybridized carbons (Fsp3) is 0.357. The number of nitrogens with zero attached hydrogens (tertiary/aromatic N) is 3. The lowest BCUT2D eigenvalue weighted by Gasteiger charge is -2.02. The number of rotatable bonds is 4. The van der Waals surface area contributed by atoms with E-state index in [0.29, 0.717) is 10.9 Å². The Hall–Kier alpha value is -1.11. The van der Waals surface area contributed by atoms with E-state index in [1.54, 1.807) is 23.1 Å². The quantitative estimate of drug-likeness (QED) is 0.603. The summed E-state index contributed by atoms with van der Waals surface area (Å²) in [4.78, 5) is 9.02. The van der Waals surface area contributed by atoms with Gasteiger partial charge in [0.15, 0.2) is 10.2 Å². The molecular formula is C14H14ClN3OS2. The van der Waals surface area contributed by atoms with Crippen LogP contribution in [0, 0.1) is 0 Å². The third-order valence-electron chi connectivity index (χ3n) is 2.93. The summed E-state index contributed by atoms with van der Waals surface area (Å²) in [6.45, 7) is 6.13. The Balaban J connectivity index is 1.80. The lowest BCUT2D eigenvalue weighted by molar-refractivity contribution is 0.373. The van der Waals surface area contributed by atoms with E-state index >= 15 is 0 Å². The Morgan fingerprint density at radius 2 is 2.05 bits per heavy atom. The average molecular weight is 340 g/mol.